The second-order valence-electron chi connectivity index (χ2n) is 4.94. The Bertz CT molecular complexity index is 763. The molecule has 0 aliphatic heterocycles. The van der Waals surface area contributed by atoms with E-state index in [1.807, 2.05) is 24.3 Å². The van der Waals surface area contributed by atoms with E-state index < -0.39 is 0 Å². The number of carbonyl (C=O) groups is 1. The second-order valence-corrected chi connectivity index (χ2v) is 4.94. The zero-order chi connectivity index (χ0) is 16.1. The maximum absolute atomic E-state index is 11.8. The molecule has 0 saturated carbocycles. The van der Waals surface area contributed by atoms with Gasteiger partial charge in [0, 0.05) is 0 Å². The monoisotopic (exact) mass is 311 g/mol. The van der Waals surface area contributed by atoms with Crippen LogP contribution in [0.15, 0.2) is 48.5 Å². The SMILES string of the molecule is COc1ccc(OCC(=O)NCc2nc3ccccc3[nH]2)cc1. The third kappa shape index (κ3) is 3.79. The molecular formula is C17H17N3O3. The molecule has 0 aliphatic carbocycles. The molecule has 118 valence electrons. The largest absolute Gasteiger partial charge is 0.497 e. The Hall–Kier alpha value is -3.02. The van der Waals surface area contributed by atoms with Crippen molar-refractivity contribution in [1.82, 2.24) is 15.3 Å². The van der Waals surface area contributed by atoms with E-state index in [2.05, 4.69) is 15.3 Å². The molecule has 2 aromatic carbocycles. The quantitative estimate of drug-likeness (QED) is 0.732. The van der Waals surface area contributed by atoms with Gasteiger partial charge in [-0.15, -0.1) is 0 Å². The van der Waals surface area contributed by atoms with Gasteiger partial charge in [0.1, 0.15) is 17.3 Å². The summed E-state index contributed by atoms with van der Waals surface area (Å²) in [5.41, 5.74) is 1.83. The Morgan fingerprint density at radius 3 is 2.61 bits per heavy atom. The molecule has 0 fully saturated rings. The van der Waals surface area contributed by atoms with E-state index in [0.717, 1.165) is 16.8 Å². The number of imidazole rings is 1. The van der Waals surface area contributed by atoms with Crippen molar-refractivity contribution in [2.24, 2.45) is 0 Å². The van der Waals surface area contributed by atoms with Gasteiger partial charge < -0.3 is 19.8 Å². The van der Waals surface area contributed by atoms with Crippen molar-refractivity contribution in [3.05, 3.63) is 54.4 Å². The van der Waals surface area contributed by atoms with E-state index in [1.165, 1.54) is 0 Å². The molecule has 3 rings (SSSR count). The van der Waals surface area contributed by atoms with Gasteiger partial charge in [0.25, 0.3) is 5.91 Å². The summed E-state index contributed by atoms with van der Waals surface area (Å²) < 4.78 is 10.5. The van der Waals surface area contributed by atoms with E-state index in [9.17, 15) is 4.79 Å². The molecule has 1 amide bonds. The minimum absolute atomic E-state index is 0.0491. The molecule has 1 aromatic heterocycles. The molecule has 6 heteroatoms. The zero-order valence-corrected chi connectivity index (χ0v) is 12.7. The van der Waals surface area contributed by atoms with Crippen molar-refractivity contribution in [1.29, 1.82) is 0 Å². The fraction of sp³-hybridized carbons (Fsp3) is 0.176. The van der Waals surface area contributed by atoms with Crippen molar-refractivity contribution in [3.8, 4) is 11.5 Å². The van der Waals surface area contributed by atoms with Crippen LogP contribution >= 0.6 is 0 Å². The first-order chi connectivity index (χ1) is 11.2. The summed E-state index contributed by atoms with van der Waals surface area (Å²) in [6.45, 7) is 0.284. The standard InChI is InChI=1S/C17H17N3O3/c1-22-12-6-8-13(9-7-12)23-11-17(21)18-10-16-19-14-4-2-3-5-15(14)20-16/h2-9H,10-11H2,1H3,(H,18,21)(H,19,20). The lowest BCUT2D eigenvalue weighted by atomic mass is 10.3. The van der Waals surface area contributed by atoms with E-state index in [1.54, 1.807) is 31.4 Å². The smallest absolute Gasteiger partial charge is 0.258 e. The molecule has 0 atom stereocenters. The third-order valence-corrected chi connectivity index (χ3v) is 3.32. The van der Waals surface area contributed by atoms with E-state index >= 15 is 0 Å². The topological polar surface area (TPSA) is 76.2 Å². The van der Waals surface area contributed by atoms with E-state index in [-0.39, 0.29) is 12.5 Å². The summed E-state index contributed by atoms with van der Waals surface area (Å²) in [7, 11) is 1.60. The highest BCUT2D eigenvalue weighted by Crippen LogP contribution is 2.16. The lowest BCUT2D eigenvalue weighted by Gasteiger charge is -2.07. The average Bonchev–Trinajstić information content (AvgIpc) is 3.01. The van der Waals surface area contributed by atoms with E-state index in [4.69, 9.17) is 9.47 Å². The lowest BCUT2D eigenvalue weighted by molar-refractivity contribution is -0.123. The number of benzene rings is 2. The number of hydrogen-bond donors (Lipinski definition) is 2. The first kappa shape index (κ1) is 14.9. The van der Waals surface area contributed by atoms with Gasteiger partial charge in [-0.05, 0) is 36.4 Å². The zero-order valence-electron chi connectivity index (χ0n) is 12.7. The Morgan fingerprint density at radius 2 is 1.87 bits per heavy atom. The minimum Gasteiger partial charge on any atom is -0.497 e. The van der Waals surface area contributed by atoms with Crippen LogP contribution in [0.3, 0.4) is 0 Å². The van der Waals surface area contributed by atoms with Gasteiger partial charge >= 0.3 is 0 Å². The molecule has 0 saturated heterocycles. The van der Waals surface area contributed by atoms with Gasteiger partial charge in [-0.2, -0.15) is 0 Å². The second kappa shape index (κ2) is 6.83. The number of rotatable bonds is 6. The Kier molecular flexibility index (Phi) is 4.42. The molecule has 0 bridgehead atoms. The van der Waals surface area contributed by atoms with Crippen LogP contribution in [-0.2, 0) is 11.3 Å². The van der Waals surface area contributed by atoms with Crippen LogP contribution in [0, 0.1) is 0 Å². The van der Waals surface area contributed by atoms with Gasteiger partial charge in [-0.25, -0.2) is 4.98 Å². The van der Waals surface area contributed by atoms with Crippen LogP contribution in [-0.4, -0.2) is 29.6 Å². The van der Waals surface area contributed by atoms with Crippen molar-refractivity contribution < 1.29 is 14.3 Å². The average molecular weight is 311 g/mol. The van der Waals surface area contributed by atoms with Crippen molar-refractivity contribution >= 4 is 16.9 Å². The van der Waals surface area contributed by atoms with Crippen LogP contribution < -0.4 is 14.8 Å². The number of nitrogens with one attached hydrogen (secondary N) is 2. The number of amides is 1. The van der Waals surface area contributed by atoms with Gasteiger partial charge in [-0.3, -0.25) is 4.79 Å². The molecule has 0 spiro atoms. The Morgan fingerprint density at radius 1 is 1.13 bits per heavy atom. The number of carbonyl (C=O) groups excluding carboxylic acids is 1. The summed E-state index contributed by atoms with van der Waals surface area (Å²) in [4.78, 5) is 19.4. The third-order valence-electron chi connectivity index (χ3n) is 3.32. The maximum atomic E-state index is 11.8. The highest BCUT2D eigenvalue weighted by molar-refractivity contribution is 5.78. The minimum atomic E-state index is -0.207. The molecule has 0 aliphatic rings. The fourth-order valence-electron chi connectivity index (χ4n) is 2.14. The van der Waals surface area contributed by atoms with Gasteiger partial charge in [0.2, 0.25) is 0 Å². The number of aromatic nitrogens is 2. The number of ether oxygens (including phenoxy) is 2. The molecule has 6 nitrogen and oxygen atoms in total. The normalized spacial score (nSPS) is 10.5. The van der Waals surface area contributed by atoms with Crippen molar-refractivity contribution in [3.63, 3.8) is 0 Å². The summed E-state index contributed by atoms with van der Waals surface area (Å²) in [5.74, 6) is 1.86. The number of aromatic amines is 1. The number of methoxy groups -OCH3 is 1. The summed E-state index contributed by atoms with van der Waals surface area (Å²) >= 11 is 0. The van der Waals surface area contributed by atoms with E-state index in [0.29, 0.717) is 18.1 Å². The number of fused-ring (bicyclic) bond motifs is 1. The first-order valence-electron chi connectivity index (χ1n) is 7.22. The molecule has 2 N–H and O–H groups in total. The van der Waals surface area contributed by atoms with Crippen LogP contribution in [0.25, 0.3) is 11.0 Å². The molecular weight excluding hydrogens is 294 g/mol. The molecule has 1 heterocycles. The molecule has 0 unspecified atom stereocenters. The molecule has 0 radical (unpaired) electrons. The number of nitrogens with zero attached hydrogens (tertiary/aromatic N) is 1. The lowest BCUT2D eigenvalue weighted by Crippen LogP contribution is -2.28. The summed E-state index contributed by atoms with van der Waals surface area (Å²) in [6, 6.07) is 14.8. The maximum Gasteiger partial charge on any atom is 0.258 e. The molecule has 3 aromatic rings. The number of H-pyrrole nitrogens is 1. The highest BCUT2D eigenvalue weighted by atomic mass is 16.5. The van der Waals surface area contributed by atoms with Crippen LogP contribution in [0.5, 0.6) is 11.5 Å². The Balaban J connectivity index is 1.49. The highest BCUT2D eigenvalue weighted by Gasteiger charge is 2.06. The van der Waals surface area contributed by atoms with Crippen molar-refractivity contribution in [2.75, 3.05) is 13.7 Å². The first-order valence-corrected chi connectivity index (χ1v) is 7.22. The predicted molar refractivity (Wildman–Crippen MR) is 86.4 cm³/mol. The number of hydrogen-bond acceptors (Lipinski definition) is 4. The number of para-hydroxylation sites is 2. The van der Waals surface area contributed by atoms with Crippen LogP contribution in [0.2, 0.25) is 0 Å². The van der Waals surface area contributed by atoms with Crippen LogP contribution in [0.1, 0.15) is 5.82 Å². The predicted octanol–water partition coefficient (Wildman–Crippen LogP) is 2.27. The van der Waals surface area contributed by atoms with Gasteiger partial charge in [0.05, 0.1) is 24.7 Å². The van der Waals surface area contributed by atoms with Crippen LogP contribution in [0.4, 0.5) is 0 Å². The van der Waals surface area contributed by atoms with Crippen molar-refractivity contribution in [2.45, 2.75) is 6.54 Å². The summed E-state index contributed by atoms with van der Waals surface area (Å²) in [5, 5.41) is 2.77. The Labute approximate surface area is 133 Å². The van der Waals surface area contributed by atoms with Gasteiger partial charge in [0.15, 0.2) is 6.61 Å². The van der Waals surface area contributed by atoms with Gasteiger partial charge in [-0.1, -0.05) is 12.1 Å². The summed E-state index contributed by atoms with van der Waals surface area (Å²) in [6.07, 6.45) is 0. The molecule has 23 heavy (non-hydrogen) atoms. The fourth-order valence-corrected chi connectivity index (χ4v) is 2.14.